The fourth-order valence-corrected chi connectivity index (χ4v) is 2.72. The summed E-state index contributed by atoms with van der Waals surface area (Å²) in [7, 11) is 3.42. The van der Waals surface area contributed by atoms with Crippen molar-refractivity contribution < 1.29 is 8.78 Å². The number of hydrogen-bond acceptors (Lipinski definition) is 2. The van der Waals surface area contributed by atoms with Crippen molar-refractivity contribution in [1.29, 1.82) is 0 Å². The van der Waals surface area contributed by atoms with Gasteiger partial charge in [0, 0.05) is 24.6 Å². The summed E-state index contributed by atoms with van der Waals surface area (Å²) < 4.78 is 29.2. The molecule has 2 rings (SSSR count). The fourth-order valence-electron chi connectivity index (χ4n) is 2.28. The zero-order valence-corrected chi connectivity index (χ0v) is 13.5. The van der Waals surface area contributed by atoms with E-state index in [1.54, 1.807) is 19.0 Å². The van der Waals surface area contributed by atoms with Crippen LogP contribution in [0.15, 0.2) is 40.9 Å². The van der Waals surface area contributed by atoms with E-state index in [1.165, 1.54) is 12.1 Å². The Hall–Kier alpha value is -1.46. The lowest BCUT2D eigenvalue weighted by Gasteiger charge is -2.21. The van der Waals surface area contributed by atoms with Crippen molar-refractivity contribution in [3.8, 4) is 0 Å². The van der Waals surface area contributed by atoms with Crippen LogP contribution in [-0.2, 0) is 13.1 Å². The Balaban J connectivity index is 2.24. The van der Waals surface area contributed by atoms with Crippen LogP contribution < -0.4 is 10.2 Å². The molecular formula is C16H17BrF2N2. The zero-order valence-electron chi connectivity index (χ0n) is 12.0. The Morgan fingerprint density at radius 2 is 1.76 bits per heavy atom. The van der Waals surface area contributed by atoms with Crippen LogP contribution in [0.1, 0.15) is 11.1 Å². The lowest BCUT2D eigenvalue weighted by atomic mass is 10.1. The van der Waals surface area contributed by atoms with Gasteiger partial charge in [0.2, 0.25) is 0 Å². The van der Waals surface area contributed by atoms with Gasteiger partial charge in [-0.3, -0.25) is 0 Å². The van der Waals surface area contributed by atoms with Crippen molar-refractivity contribution in [2.45, 2.75) is 13.1 Å². The van der Waals surface area contributed by atoms with E-state index in [1.807, 2.05) is 24.3 Å². The third-order valence-corrected chi connectivity index (χ3v) is 3.64. The van der Waals surface area contributed by atoms with E-state index < -0.39 is 11.6 Å². The molecule has 0 aliphatic rings. The molecule has 0 heterocycles. The van der Waals surface area contributed by atoms with Gasteiger partial charge in [-0.25, -0.2) is 8.78 Å². The van der Waals surface area contributed by atoms with Crippen LogP contribution in [0.4, 0.5) is 14.5 Å². The Morgan fingerprint density at radius 3 is 2.33 bits per heavy atom. The average Bonchev–Trinajstić information content (AvgIpc) is 2.38. The number of hydrogen-bond donors (Lipinski definition) is 1. The standard InChI is InChI=1S/C16H17BrF2N2/c1-20-9-12-7-14(18)16(15(19)8-12)21(2)10-11-4-3-5-13(17)6-11/h3-8,20H,9-10H2,1-2H3. The number of halogens is 3. The summed E-state index contributed by atoms with van der Waals surface area (Å²) in [5.74, 6) is -1.09. The maximum Gasteiger partial charge on any atom is 0.149 e. The first kappa shape index (κ1) is 15.9. The van der Waals surface area contributed by atoms with Crippen molar-refractivity contribution in [1.82, 2.24) is 5.32 Å². The lowest BCUT2D eigenvalue weighted by molar-refractivity contribution is 0.571. The predicted molar refractivity (Wildman–Crippen MR) is 85.4 cm³/mol. The Morgan fingerprint density at radius 1 is 1.10 bits per heavy atom. The largest absolute Gasteiger partial charge is 0.366 e. The third kappa shape index (κ3) is 4.02. The highest BCUT2D eigenvalue weighted by atomic mass is 79.9. The number of benzene rings is 2. The summed E-state index contributed by atoms with van der Waals surface area (Å²) >= 11 is 3.39. The van der Waals surface area contributed by atoms with Gasteiger partial charge in [0.25, 0.3) is 0 Å². The normalized spacial score (nSPS) is 10.7. The van der Waals surface area contributed by atoms with Crippen molar-refractivity contribution >= 4 is 21.6 Å². The SMILES string of the molecule is CNCc1cc(F)c(N(C)Cc2cccc(Br)c2)c(F)c1. The summed E-state index contributed by atoms with van der Waals surface area (Å²) in [5, 5.41) is 2.88. The van der Waals surface area contributed by atoms with Gasteiger partial charge in [0.15, 0.2) is 0 Å². The predicted octanol–water partition coefficient (Wildman–Crippen LogP) is 4.08. The van der Waals surface area contributed by atoms with E-state index in [-0.39, 0.29) is 5.69 Å². The first-order valence-corrected chi connectivity index (χ1v) is 7.38. The van der Waals surface area contributed by atoms with Gasteiger partial charge in [-0.1, -0.05) is 28.1 Å². The molecule has 0 fully saturated rings. The van der Waals surface area contributed by atoms with Gasteiger partial charge in [-0.2, -0.15) is 0 Å². The molecule has 1 N–H and O–H groups in total. The van der Waals surface area contributed by atoms with E-state index >= 15 is 0 Å². The summed E-state index contributed by atoms with van der Waals surface area (Å²) in [4.78, 5) is 1.58. The molecule has 0 spiro atoms. The van der Waals surface area contributed by atoms with Crippen LogP contribution in [0, 0.1) is 11.6 Å². The first-order chi connectivity index (χ1) is 10.0. The summed E-state index contributed by atoms with van der Waals surface area (Å²) in [6.45, 7) is 0.863. The van der Waals surface area contributed by atoms with Crippen molar-refractivity contribution in [2.75, 3.05) is 19.0 Å². The van der Waals surface area contributed by atoms with Gasteiger partial charge < -0.3 is 10.2 Å². The molecule has 0 aliphatic heterocycles. The van der Waals surface area contributed by atoms with E-state index in [0.29, 0.717) is 18.7 Å². The molecule has 0 radical (unpaired) electrons. The fraction of sp³-hybridized carbons (Fsp3) is 0.250. The van der Waals surface area contributed by atoms with Crippen LogP contribution in [0.25, 0.3) is 0 Å². The minimum atomic E-state index is -0.544. The second kappa shape index (κ2) is 7.00. The molecule has 2 nitrogen and oxygen atoms in total. The van der Waals surface area contributed by atoms with Gasteiger partial charge in [0.1, 0.15) is 17.3 Å². The third-order valence-electron chi connectivity index (χ3n) is 3.15. The molecule has 2 aromatic carbocycles. The van der Waals surface area contributed by atoms with Crippen LogP contribution in [0.2, 0.25) is 0 Å². The molecule has 112 valence electrons. The van der Waals surface area contributed by atoms with Gasteiger partial charge in [0.05, 0.1) is 0 Å². The molecule has 5 heteroatoms. The quantitative estimate of drug-likeness (QED) is 0.869. The molecule has 0 atom stereocenters. The molecule has 0 amide bonds. The van der Waals surface area contributed by atoms with Gasteiger partial charge in [-0.15, -0.1) is 0 Å². The van der Waals surface area contributed by atoms with Crippen molar-refractivity contribution in [3.05, 3.63) is 63.6 Å². The second-order valence-electron chi connectivity index (χ2n) is 4.92. The van der Waals surface area contributed by atoms with E-state index in [9.17, 15) is 8.78 Å². The van der Waals surface area contributed by atoms with Crippen LogP contribution in [0.3, 0.4) is 0 Å². The molecular weight excluding hydrogens is 338 g/mol. The topological polar surface area (TPSA) is 15.3 Å². The van der Waals surface area contributed by atoms with Crippen LogP contribution in [0.5, 0.6) is 0 Å². The number of anilines is 1. The molecule has 0 saturated carbocycles. The zero-order chi connectivity index (χ0) is 15.4. The van der Waals surface area contributed by atoms with Crippen LogP contribution >= 0.6 is 15.9 Å². The van der Waals surface area contributed by atoms with Gasteiger partial charge in [-0.05, 0) is 42.4 Å². The van der Waals surface area contributed by atoms with E-state index in [0.717, 1.165) is 10.0 Å². The lowest BCUT2D eigenvalue weighted by Crippen LogP contribution is -2.20. The molecule has 0 aromatic heterocycles. The Kier molecular flexibility index (Phi) is 5.31. The van der Waals surface area contributed by atoms with Gasteiger partial charge >= 0.3 is 0 Å². The molecule has 0 aliphatic carbocycles. The van der Waals surface area contributed by atoms with Crippen molar-refractivity contribution in [2.24, 2.45) is 0 Å². The molecule has 21 heavy (non-hydrogen) atoms. The number of rotatable bonds is 5. The Labute approximate surface area is 131 Å². The first-order valence-electron chi connectivity index (χ1n) is 6.59. The summed E-state index contributed by atoms with van der Waals surface area (Å²) in [6, 6.07) is 10.4. The van der Waals surface area contributed by atoms with E-state index in [4.69, 9.17) is 0 Å². The summed E-state index contributed by atoms with van der Waals surface area (Å²) in [6.07, 6.45) is 0. The number of nitrogens with one attached hydrogen (secondary N) is 1. The molecule has 0 unspecified atom stereocenters. The van der Waals surface area contributed by atoms with Crippen LogP contribution in [-0.4, -0.2) is 14.1 Å². The number of nitrogens with zero attached hydrogens (tertiary/aromatic N) is 1. The average molecular weight is 355 g/mol. The maximum absolute atomic E-state index is 14.1. The molecule has 2 aromatic rings. The minimum absolute atomic E-state index is 0.00479. The monoisotopic (exact) mass is 354 g/mol. The minimum Gasteiger partial charge on any atom is -0.366 e. The Bertz CT molecular complexity index is 608. The highest BCUT2D eigenvalue weighted by molar-refractivity contribution is 9.10. The second-order valence-corrected chi connectivity index (χ2v) is 5.84. The molecule has 0 saturated heterocycles. The highest BCUT2D eigenvalue weighted by Crippen LogP contribution is 2.26. The maximum atomic E-state index is 14.1. The van der Waals surface area contributed by atoms with Crippen molar-refractivity contribution in [3.63, 3.8) is 0 Å². The summed E-state index contributed by atoms with van der Waals surface area (Å²) in [5.41, 5.74) is 1.56. The van der Waals surface area contributed by atoms with E-state index in [2.05, 4.69) is 21.2 Å². The highest BCUT2D eigenvalue weighted by Gasteiger charge is 2.15. The smallest absolute Gasteiger partial charge is 0.149 e. The molecule has 0 bridgehead atoms.